The van der Waals surface area contributed by atoms with Crippen molar-refractivity contribution in [2.45, 2.75) is 6.92 Å². The zero-order valence-corrected chi connectivity index (χ0v) is 15.2. The molecular formula is C18H19F2N5O3. The van der Waals surface area contributed by atoms with Crippen LogP contribution < -0.4 is 5.32 Å². The number of hydrogen-bond donors (Lipinski definition) is 1. The lowest BCUT2D eigenvalue weighted by molar-refractivity contribution is 0.0565. The van der Waals surface area contributed by atoms with Crippen molar-refractivity contribution in [1.29, 1.82) is 0 Å². The van der Waals surface area contributed by atoms with E-state index in [1.54, 1.807) is 16.7 Å². The molecular weight excluding hydrogens is 372 g/mol. The van der Waals surface area contributed by atoms with Gasteiger partial charge >= 0.3 is 6.09 Å². The first kappa shape index (κ1) is 19.5. The highest BCUT2D eigenvalue weighted by atomic mass is 19.2. The van der Waals surface area contributed by atoms with Gasteiger partial charge in [-0.15, -0.1) is 0 Å². The van der Waals surface area contributed by atoms with Crippen molar-refractivity contribution in [2.24, 2.45) is 0 Å². The molecule has 3 rings (SSSR count). The quantitative estimate of drug-likeness (QED) is 0.861. The molecule has 0 aliphatic carbocycles. The molecule has 0 radical (unpaired) electrons. The van der Waals surface area contributed by atoms with Gasteiger partial charge in [-0.1, -0.05) is 0 Å². The Morgan fingerprint density at radius 2 is 1.79 bits per heavy atom. The fourth-order valence-corrected chi connectivity index (χ4v) is 2.69. The number of ether oxygens (including phenoxy) is 1. The van der Waals surface area contributed by atoms with Gasteiger partial charge in [0, 0.05) is 37.9 Å². The lowest BCUT2D eigenvalue weighted by atomic mass is 10.3. The average Bonchev–Trinajstić information content (AvgIpc) is 2.71. The van der Waals surface area contributed by atoms with E-state index in [2.05, 4.69) is 15.3 Å². The van der Waals surface area contributed by atoms with Crippen molar-refractivity contribution >= 4 is 23.5 Å². The molecule has 2 amide bonds. The maximum atomic E-state index is 13.2. The smallest absolute Gasteiger partial charge is 0.409 e. The molecule has 1 aromatic heterocycles. The number of piperazine rings is 1. The summed E-state index contributed by atoms with van der Waals surface area (Å²) in [7, 11) is 0. The molecule has 1 aliphatic heterocycles. The molecule has 0 saturated carbocycles. The highest BCUT2D eigenvalue weighted by Crippen LogP contribution is 2.17. The molecule has 2 heterocycles. The van der Waals surface area contributed by atoms with Gasteiger partial charge < -0.3 is 19.9 Å². The summed E-state index contributed by atoms with van der Waals surface area (Å²) < 4.78 is 31.2. The summed E-state index contributed by atoms with van der Waals surface area (Å²) in [5, 5.41) is 2.78. The molecule has 0 unspecified atom stereocenters. The number of amides is 2. The van der Waals surface area contributed by atoms with Crippen molar-refractivity contribution in [3.05, 3.63) is 47.9 Å². The Morgan fingerprint density at radius 1 is 1.07 bits per heavy atom. The normalized spacial score (nSPS) is 14.0. The van der Waals surface area contributed by atoms with E-state index in [4.69, 9.17) is 4.74 Å². The predicted molar refractivity (Wildman–Crippen MR) is 96.2 cm³/mol. The first-order chi connectivity index (χ1) is 13.5. The van der Waals surface area contributed by atoms with Gasteiger partial charge in [-0.25, -0.2) is 23.5 Å². The first-order valence-electron chi connectivity index (χ1n) is 8.73. The van der Waals surface area contributed by atoms with Crippen LogP contribution in [-0.4, -0.2) is 64.6 Å². The molecule has 148 valence electrons. The summed E-state index contributed by atoms with van der Waals surface area (Å²) in [4.78, 5) is 35.5. The van der Waals surface area contributed by atoms with Crippen LogP contribution >= 0.6 is 0 Å². The van der Waals surface area contributed by atoms with Gasteiger partial charge in [0.05, 0.1) is 19.0 Å². The Kier molecular flexibility index (Phi) is 5.97. The lowest BCUT2D eigenvalue weighted by Gasteiger charge is -2.33. The number of nitrogens with zero attached hydrogens (tertiary/aromatic N) is 4. The summed E-state index contributed by atoms with van der Waals surface area (Å²) in [6.45, 7) is 3.55. The van der Waals surface area contributed by atoms with E-state index in [1.165, 1.54) is 18.5 Å². The molecule has 0 bridgehead atoms. The Bertz CT molecular complexity index is 855. The zero-order valence-electron chi connectivity index (χ0n) is 15.2. The standard InChI is InChI=1S/C18H19F2N5O3/c1-2-28-18(27)25-7-5-24(6-8-25)17(26)15-10-22-16(11-21-15)23-12-3-4-13(19)14(20)9-12/h3-4,9-11H,2,5-8H2,1H3,(H,22,23). The third kappa shape index (κ3) is 4.51. The van der Waals surface area contributed by atoms with Crippen LogP contribution in [0.15, 0.2) is 30.6 Å². The number of hydrogen-bond acceptors (Lipinski definition) is 6. The third-order valence-electron chi connectivity index (χ3n) is 4.16. The Hall–Kier alpha value is -3.30. The lowest BCUT2D eigenvalue weighted by Crippen LogP contribution is -2.50. The van der Waals surface area contributed by atoms with Gasteiger partial charge in [0.25, 0.3) is 5.91 Å². The Labute approximate surface area is 160 Å². The fraction of sp³-hybridized carbons (Fsp3) is 0.333. The SMILES string of the molecule is CCOC(=O)N1CCN(C(=O)c2cnc(Nc3ccc(F)c(F)c3)cn2)CC1. The minimum atomic E-state index is -0.980. The van der Waals surface area contributed by atoms with Crippen LogP contribution in [0, 0.1) is 11.6 Å². The second kappa shape index (κ2) is 8.59. The van der Waals surface area contributed by atoms with E-state index < -0.39 is 11.6 Å². The van der Waals surface area contributed by atoms with Crippen molar-refractivity contribution in [3.8, 4) is 0 Å². The second-order valence-electron chi connectivity index (χ2n) is 6.02. The molecule has 0 spiro atoms. The largest absolute Gasteiger partial charge is 0.450 e. The van der Waals surface area contributed by atoms with E-state index in [1.807, 2.05) is 0 Å². The number of halogens is 2. The molecule has 1 aromatic carbocycles. The number of benzene rings is 1. The maximum Gasteiger partial charge on any atom is 0.409 e. The fourth-order valence-electron chi connectivity index (χ4n) is 2.69. The Balaban J connectivity index is 1.58. The van der Waals surface area contributed by atoms with Crippen molar-refractivity contribution in [3.63, 3.8) is 0 Å². The summed E-state index contributed by atoms with van der Waals surface area (Å²) in [6.07, 6.45) is 2.26. The molecule has 1 saturated heterocycles. The molecule has 8 nitrogen and oxygen atoms in total. The van der Waals surface area contributed by atoms with Crippen molar-refractivity contribution in [2.75, 3.05) is 38.1 Å². The van der Waals surface area contributed by atoms with Gasteiger partial charge in [-0.05, 0) is 19.1 Å². The summed E-state index contributed by atoms with van der Waals surface area (Å²) in [5.74, 6) is -1.93. The van der Waals surface area contributed by atoms with Crippen molar-refractivity contribution < 1.29 is 23.1 Å². The van der Waals surface area contributed by atoms with Gasteiger partial charge in [0.2, 0.25) is 0 Å². The highest BCUT2D eigenvalue weighted by Gasteiger charge is 2.26. The maximum absolute atomic E-state index is 13.2. The van der Waals surface area contributed by atoms with Crippen LogP contribution in [0.2, 0.25) is 0 Å². The molecule has 1 fully saturated rings. The van der Waals surface area contributed by atoms with E-state index in [0.717, 1.165) is 12.1 Å². The average molecular weight is 391 g/mol. The van der Waals surface area contributed by atoms with Crippen LogP contribution in [0.5, 0.6) is 0 Å². The van der Waals surface area contributed by atoms with E-state index >= 15 is 0 Å². The van der Waals surface area contributed by atoms with Gasteiger partial charge in [0.1, 0.15) is 11.5 Å². The minimum absolute atomic E-state index is 0.153. The number of rotatable bonds is 4. The van der Waals surface area contributed by atoms with Crippen LogP contribution in [0.3, 0.4) is 0 Å². The van der Waals surface area contributed by atoms with Crippen molar-refractivity contribution in [1.82, 2.24) is 19.8 Å². The van der Waals surface area contributed by atoms with Gasteiger partial charge in [0.15, 0.2) is 11.6 Å². The van der Waals surface area contributed by atoms with E-state index in [0.29, 0.717) is 38.5 Å². The van der Waals surface area contributed by atoms with Crippen LogP contribution in [0.4, 0.5) is 25.1 Å². The molecule has 28 heavy (non-hydrogen) atoms. The van der Waals surface area contributed by atoms with E-state index in [9.17, 15) is 18.4 Å². The summed E-state index contributed by atoms with van der Waals surface area (Å²) in [6, 6.07) is 3.36. The van der Waals surface area contributed by atoms with Crippen LogP contribution in [-0.2, 0) is 4.74 Å². The van der Waals surface area contributed by atoms with Crippen LogP contribution in [0.25, 0.3) is 0 Å². The number of nitrogens with one attached hydrogen (secondary N) is 1. The third-order valence-corrected chi connectivity index (χ3v) is 4.16. The molecule has 1 aliphatic rings. The topological polar surface area (TPSA) is 87.7 Å². The van der Waals surface area contributed by atoms with Gasteiger partial charge in [-0.3, -0.25) is 4.79 Å². The number of aromatic nitrogens is 2. The molecule has 10 heteroatoms. The Morgan fingerprint density at radius 3 is 2.39 bits per heavy atom. The number of anilines is 2. The number of carbonyl (C=O) groups excluding carboxylic acids is 2. The summed E-state index contributed by atoms with van der Waals surface area (Å²) in [5.41, 5.74) is 0.461. The monoisotopic (exact) mass is 391 g/mol. The highest BCUT2D eigenvalue weighted by molar-refractivity contribution is 5.92. The summed E-state index contributed by atoms with van der Waals surface area (Å²) >= 11 is 0. The second-order valence-corrected chi connectivity index (χ2v) is 6.02. The molecule has 1 N–H and O–H groups in total. The molecule has 2 aromatic rings. The first-order valence-corrected chi connectivity index (χ1v) is 8.73. The predicted octanol–water partition coefficient (Wildman–Crippen LogP) is 2.41. The minimum Gasteiger partial charge on any atom is -0.450 e. The number of carbonyl (C=O) groups is 2. The van der Waals surface area contributed by atoms with Crippen LogP contribution in [0.1, 0.15) is 17.4 Å². The zero-order chi connectivity index (χ0) is 20.1. The van der Waals surface area contributed by atoms with Gasteiger partial charge in [-0.2, -0.15) is 0 Å². The van der Waals surface area contributed by atoms with E-state index in [-0.39, 0.29) is 23.5 Å². The molecule has 0 atom stereocenters.